The minimum Gasteiger partial charge on any atom is -0.351 e. The van der Waals surface area contributed by atoms with E-state index in [-0.39, 0.29) is 5.91 Å². The van der Waals surface area contributed by atoms with Gasteiger partial charge in [0.25, 0.3) is 5.91 Å². The van der Waals surface area contributed by atoms with Crippen molar-refractivity contribution in [2.75, 3.05) is 11.9 Å². The molecule has 4 heteroatoms. The van der Waals surface area contributed by atoms with E-state index in [1.807, 2.05) is 30.3 Å². The van der Waals surface area contributed by atoms with Gasteiger partial charge in [0.2, 0.25) is 0 Å². The van der Waals surface area contributed by atoms with Crippen molar-refractivity contribution in [3.05, 3.63) is 46.4 Å². The second kappa shape index (κ2) is 5.49. The van der Waals surface area contributed by atoms with Crippen molar-refractivity contribution in [3.63, 3.8) is 0 Å². The first-order valence-electron chi connectivity index (χ1n) is 6.65. The van der Waals surface area contributed by atoms with E-state index in [1.54, 1.807) is 0 Å². The molecule has 1 aliphatic rings. The van der Waals surface area contributed by atoms with Gasteiger partial charge in [-0.25, -0.2) is 0 Å². The smallest absolute Gasteiger partial charge is 0.251 e. The van der Waals surface area contributed by atoms with E-state index in [2.05, 4.69) is 43.2 Å². The molecular formula is C16H15Br2NO. The van der Waals surface area contributed by atoms with Gasteiger partial charge in [0.15, 0.2) is 0 Å². The maximum atomic E-state index is 12.2. The van der Waals surface area contributed by atoms with Gasteiger partial charge in [-0.05, 0) is 53.3 Å². The number of rotatable bonds is 4. The van der Waals surface area contributed by atoms with E-state index in [9.17, 15) is 4.79 Å². The van der Waals surface area contributed by atoms with Gasteiger partial charge in [-0.2, -0.15) is 0 Å². The van der Waals surface area contributed by atoms with Crippen LogP contribution in [0, 0.1) is 5.41 Å². The van der Waals surface area contributed by atoms with Crippen LogP contribution in [0.3, 0.4) is 0 Å². The summed E-state index contributed by atoms with van der Waals surface area (Å²) in [7, 11) is 0. The molecule has 0 aromatic heterocycles. The summed E-state index contributed by atoms with van der Waals surface area (Å²) in [6, 6.07) is 11.9. The summed E-state index contributed by atoms with van der Waals surface area (Å²) in [6.45, 7) is 0.759. The normalized spacial score (nSPS) is 16.1. The maximum Gasteiger partial charge on any atom is 0.251 e. The summed E-state index contributed by atoms with van der Waals surface area (Å²) < 4.78 is 1.05. The first kappa shape index (κ1) is 14.1. The summed E-state index contributed by atoms with van der Waals surface area (Å²) in [5.74, 6) is 0.0158. The Balaban J connectivity index is 1.76. The fourth-order valence-corrected chi connectivity index (χ4v) is 3.40. The lowest BCUT2D eigenvalue weighted by molar-refractivity contribution is 0.0946. The number of alkyl halides is 1. The third-order valence-corrected chi connectivity index (χ3v) is 5.61. The van der Waals surface area contributed by atoms with Gasteiger partial charge in [-0.1, -0.05) is 44.0 Å². The molecule has 0 atom stereocenters. The number of nitrogens with one attached hydrogen (secondary N) is 1. The summed E-state index contributed by atoms with van der Waals surface area (Å²) >= 11 is 6.98. The van der Waals surface area contributed by atoms with Crippen LogP contribution in [0.5, 0.6) is 0 Å². The zero-order valence-corrected chi connectivity index (χ0v) is 14.1. The number of amides is 1. The molecule has 104 valence electrons. The lowest BCUT2D eigenvalue weighted by Crippen LogP contribution is -2.30. The molecule has 0 unspecified atom stereocenters. The molecule has 0 radical (unpaired) electrons. The summed E-state index contributed by atoms with van der Waals surface area (Å²) in [6.07, 6.45) is 2.40. The number of halogens is 2. The summed E-state index contributed by atoms with van der Waals surface area (Å²) in [4.78, 5) is 12.2. The molecule has 2 aromatic rings. The highest BCUT2D eigenvalue weighted by atomic mass is 79.9. The standard InChI is InChI=1S/C16H15Br2NO/c17-9-16(5-6-16)10-19-15(20)13-2-1-12-8-14(18)4-3-11(12)7-13/h1-4,7-8H,5-6,9-10H2,(H,19,20). The van der Waals surface area contributed by atoms with Crippen LogP contribution in [-0.2, 0) is 0 Å². The molecular weight excluding hydrogens is 382 g/mol. The average molecular weight is 397 g/mol. The van der Waals surface area contributed by atoms with Gasteiger partial charge in [-0.15, -0.1) is 0 Å². The number of carbonyl (C=O) groups excluding carboxylic acids is 1. The molecule has 1 fully saturated rings. The van der Waals surface area contributed by atoms with Crippen LogP contribution in [0.15, 0.2) is 40.9 Å². The molecule has 3 rings (SSSR count). The topological polar surface area (TPSA) is 29.1 Å². The number of fused-ring (bicyclic) bond motifs is 1. The highest BCUT2D eigenvalue weighted by molar-refractivity contribution is 9.10. The molecule has 0 aliphatic heterocycles. The molecule has 0 saturated heterocycles. The Labute approximate surface area is 135 Å². The van der Waals surface area contributed by atoms with Gasteiger partial charge < -0.3 is 5.32 Å². The monoisotopic (exact) mass is 395 g/mol. The Morgan fingerprint density at radius 1 is 1.15 bits per heavy atom. The Morgan fingerprint density at radius 3 is 2.55 bits per heavy atom. The summed E-state index contributed by atoms with van der Waals surface area (Å²) in [5.41, 5.74) is 1.03. The zero-order chi connectivity index (χ0) is 14.2. The number of hydrogen-bond acceptors (Lipinski definition) is 1. The predicted molar refractivity (Wildman–Crippen MR) is 89.4 cm³/mol. The molecule has 2 nitrogen and oxygen atoms in total. The zero-order valence-electron chi connectivity index (χ0n) is 11.0. The van der Waals surface area contributed by atoms with Crippen LogP contribution in [0.4, 0.5) is 0 Å². The van der Waals surface area contributed by atoms with Crippen LogP contribution >= 0.6 is 31.9 Å². The molecule has 1 saturated carbocycles. The Hall–Kier alpha value is -0.870. The van der Waals surface area contributed by atoms with Gasteiger partial charge in [0.1, 0.15) is 0 Å². The van der Waals surface area contributed by atoms with Crippen molar-refractivity contribution in [1.82, 2.24) is 5.32 Å². The third kappa shape index (κ3) is 2.91. The first-order chi connectivity index (χ1) is 9.62. The van der Waals surface area contributed by atoms with E-state index in [0.29, 0.717) is 5.41 Å². The minimum absolute atomic E-state index is 0.0158. The fraction of sp³-hybridized carbons (Fsp3) is 0.312. The molecule has 0 spiro atoms. The minimum atomic E-state index is 0.0158. The highest BCUT2D eigenvalue weighted by Gasteiger charge is 2.41. The van der Waals surface area contributed by atoms with E-state index >= 15 is 0 Å². The molecule has 0 heterocycles. The quantitative estimate of drug-likeness (QED) is 0.757. The lowest BCUT2D eigenvalue weighted by atomic mass is 10.1. The molecule has 1 aliphatic carbocycles. The van der Waals surface area contributed by atoms with Crippen LogP contribution in [-0.4, -0.2) is 17.8 Å². The fourth-order valence-electron chi connectivity index (χ4n) is 2.26. The third-order valence-electron chi connectivity index (χ3n) is 3.93. The Bertz CT molecular complexity index is 665. The Kier molecular flexibility index (Phi) is 3.87. The van der Waals surface area contributed by atoms with Crippen LogP contribution in [0.25, 0.3) is 10.8 Å². The number of carbonyl (C=O) groups is 1. The van der Waals surface area contributed by atoms with Crippen LogP contribution in [0.2, 0.25) is 0 Å². The van der Waals surface area contributed by atoms with Gasteiger partial charge in [0.05, 0.1) is 0 Å². The number of hydrogen-bond donors (Lipinski definition) is 1. The van der Waals surface area contributed by atoms with Crippen LogP contribution in [0.1, 0.15) is 23.2 Å². The van der Waals surface area contributed by atoms with E-state index in [4.69, 9.17) is 0 Å². The van der Waals surface area contributed by atoms with Gasteiger partial charge >= 0.3 is 0 Å². The molecule has 1 amide bonds. The SMILES string of the molecule is O=C(NCC1(CBr)CC1)c1ccc2cc(Br)ccc2c1. The van der Waals surface area contributed by atoms with Crippen molar-refractivity contribution in [2.45, 2.75) is 12.8 Å². The van der Waals surface area contributed by atoms with E-state index < -0.39 is 0 Å². The lowest BCUT2D eigenvalue weighted by Gasteiger charge is -2.13. The van der Waals surface area contributed by atoms with Crippen molar-refractivity contribution in [2.24, 2.45) is 5.41 Å². The highest BCUT2D eigenvalue weighted by Crippen LogP contribution is 2.46. The molecule has 2 aromatic carbocycles. The van der Waals surface area contributed by atoms with Gasteiger partial charge in [0, 0.05) is 21.9 Å². The van der Waals surface area contributed by atoms with Crippen molar-refractivity contribution < 1.29 is 4.79 Å². The summed E-state index contributed by atoms with van der Waals surface area (Å²) in [5, 5.41) is 6.23. The van der Waals surface area contributed by atoms with Crippen LogP contribution < -0.4 is 5.32 Å². The second-order valence-electron chi connectivity index (χ2n) is 5.52. The number of benzene rings is 2. The van der Waals surface area contributed by atoms with Crippen molar-refractivity contribution in [1.29, 1.82) is 0 Å². The van der Waals surface area contributed by atoms with E-state index in [1.165, 1.54) is 12.8 Å². The average Bonchev–Trinajstić information content (AvgIpc) is 3.25. The second-order valence-corrected chi connectivity index (χ2v) is 7.00. The molecule has 0 bridgehead atoms. The van der Waals surface area contributed by atoms with E-state index in [0.717, 1.165) is 32.7 Å². The maximum absolute atomic E-state index is 12.2. The largest absolute Gasteiger partial charge is 0.351 e. The van der Waals surface area contributed by atoms with Crippen molar-refractivity contribution >= 4 is 48.5 Å². The predicted octanol–water partition coefficient (Wildman–Crippen LogP) is 4.51. The molecule has 1 N–H and O–H groups in total. The molecule has 20 heavy (non-hydrogen) atoms. The van der Waals surface area contributed by atoms with Crippen molar-refractivity contribution in [3.8, 4) is 0 Å². The van der Waals surface area contributed by atoms with Gasteiger partial charge in [-0.3, -0.25) is 4.79 Å². The first-order valence-corrected chi connectivity index (χ1v) is 8.57. The Morgan fingerprint density at radius 2 is 1.85 bits per heavy atom.